The maximum absolute atomic E-state index is 5.14. The van der Waals surface area contributed by atoms with Crippen LogP contribution in [0.15, 0.2) is 30.6 Å². The molecule has 0 amide bonds. The first-order chi connectivity index (χ1) is 9.63. The minimum absolute atomic E-state index is 0.232. The van der Waals surface area contributed by atoms with Gasteiger partial charge in [-0.05, 0) is 32.0 Å². The molecule has 0 aliphatic rings. The lowest BCUT2D eigenvalue weighted by Gasteiger charge is -2.19. The summed E-state index contributed by atoms with van der Waals surface area (Å²) in [6.45, 7) is 4.26. The summed E-state index contributed by atoms with van der Waals surface area (Å²) in [6, 6.07) is 8.65. The van der Waals surface area contributed by atoms with Crippen LogP contribution in [0.5, 0.6) is 5.88 Å². The SMILES string of the molecule is CNC(Cc1cc(OC)ncn1)c1ccc(C)cc1C. The van der Waals surface area contributed by atoms with Crippen molar-refractivity contribution in [2.75, 3.05) is 14.2 Å². The predicted molar refractivity (Wildman–Crippen MR) is 80.0 cm³/mol. The number of nitrogens with one attached hydrogen (secondary N) is 1. The Labute approximate surface area is 120 Å². The molecule has 106 valence electrons. The van der Waals surface area contributed by atoms with Gasteiger partial charge in [0.25, 0.3) is 0 Å². The first kappa shape index (κ1) is 14.5. The topological polar surface area (TPSA) is 47.0 Å². The molecule has 0 bridgehead atoms. The molecule has 4 nitrogen and oxygen atoms in total. The number of aryl methyl sites for hydroxylation is 2. The van der Waals surface area contributed by atoms with Crippen molar-refractivity contribution in [2.24, 2.45) is 0 Å². The van der Waals surface area contributed by atoms with E-state index in [2.05, 4.69) is 47.3 Å². The van der Waals surface area contributed by atoms with Gasteiger partial charge in [-0.2, -0.15) is 0 Å². The Bertz CT molecular complexity index is 584. The van der Waals surface area contributed by atoms with E-state index in [1.54, 1.807) is 13.4 Å². The molecular weight excluding hydrogens is 250 g/mol. The van der Waals surface area contributed by atoms with Crippen molar-refractivity contribution >= 4 is 0 Å². The fourth-order valence-electron chi connectivity index (χ4n) is 2.39. The lowest BCUT2D eigenvalue weighted by atomic mass is 9.96. The summed E-state index contributed by atoms with van der Waals surface area (Å²) in [5, 5.41) is 3.36. The minimum Gasteiger partial charge on any atom is -0.481 e. The molecule has 0 spiro atoms. The quantitative estimate of drug-likeness (QED) is 0.908. The minimum atomic E-state index is 0.232. The molecule has 0 fully saturated rings. The third-order valence-electron chi connectivity index (χ3n) is 3.47. The number of ether oxygens (including phenoxy) is 1. The number of benzene rings is 1. The molecule has 0 saturated carbocycles. The van der Waals surface area contributed by atoms with Crippen molar-refractivity contribution in [3.63, 3.8) is 0 Å². The Kier molecular flexibility index (Phi) is 4.69. The second kappa shape index (κ2) is 6.48. The highest BCUT2D eigenvalue weighted by Crippen LogP contribution is 2.22. The fourth-order valence-corrected chi connectivity index (χ4v) is 2.39. The Morgan fingerprint density at radius 2 is 2.00 bits per heavy atom. The summed E-state index contributed by atoms with van der Waals surface area (Å²) in [7, 11) is 3.59. The van der Waals surface area contributed by atoms with Gasteiger partial charge in [-0.3, -0.25) is 0 Å². The molecule has 0 aliphatic carbocycles. The van der Waals surface area contributed by atoms with Crippen LogP contribution in [0.25, 0.3) is 0 Å². The number of hydrogen-bond donors (Lipinski definition) is 1. The van der Waals surface area contributed by atoms with Crippen LogP contribution in [0.4, 0.5) is 0 Å². The van der Waals surface area contributed by atoms with Crippen molar-refractivity contribution in [1.29, 1.82) is 0 Å². The maximum atomic E-state index is 5.14. The summed E-state index contributed by atoms with van der Waals surface area (Å²) >= 11 is 0. The van der Waals surface area contributed by atoms with E-state index in [4.69, 9.17) is 4.74 Å². The number of likely N-dealkylation sites (N-methyl/N-ethyl adjacent to an activating group) is 1. The van der Waals surface area contributed by atoms with E-state index in [0.29, 0.717) is 5.88 Å². The fraction of sp³-hybridized carbons (Fsp3) is 0.375. The Hall–Kier alpha value is -1.94. The van der Waals surface area contributed by atoms with Gasteiger partial charge in [0.2, 0.25) is 5.88 Å². The summed E-state index contributed by atoms with van der Waals surface area (Å²) in [4.78, 5) is 8.36. The number of nitrogens with zero attached hydrogens (tertiary/aromatic N) is 2. The zero-order valence-corrected chi connectivity index (χ0v) is 12.5. The van der Waals surface area contributed by atoms with Gasteiger partial charge in [-0.1, -0.05) is 23.8 Å². The number of rotatable bonds is 5. The molecule has 1 aromatic carbocycles. The van der Waals surface area contributed by atoms with Crippen molar-refractivity contribution < 1.29 is 4.74 Å². The first-order valence-corrected chi connectivity index (χ1v) is 6.73. The second-order valence-electron chi connectivity index (χ2n) is 4.96. The Morgan fingerprint density at radius 1 is 1.20 bits per heavy atom. The monoisotopic (exact) mass is 271 g/mol. The third kappa shape index (κ3) is 3.33. The number of methoxy groups -OCH3 is 1. The Balaban J connectivity index is 2.23. The van der Waals surface area contributed by atoms with Gasteiger partial charge in [0.05, 0.1) is 7.11 Å². The Morgan fingerprint density at radius 3 is 2.65 bits per heavy atom. The summed E-state index contributed by atoms with van der Waals surface area (Å²) < 4.78 is 5.14. The molecule has 0 saturated heterocycles. The molecule has 1 heterocycles. The van der Waals surface area contributed by atoms with E-state index in [1.165, 1.54) is 16.7 Å². The van der Waals surface area contributed by atoms with Gasteiger partial charge >= 0.3 is 0 Å². The molecular formula is C16H21N3O. The summed E-state index contributed by atoms with van der Waals surface area (Å²) in [5.41, 5.74) is 4.85. The molecule has 20 heavy (non-hydrogen) atoms. The van der Waals surface area contributed by atoms with Gasteiger partial charge in [-0.25, -0.2) is 9.97 Å². The average molecular weight is 271 g/mol. The van der Waals surface area contributed by atoms with E-state index >= 15 is 0 Å². The highest BCUT2D eigenvalue weighted by molar-refractivity contribution is 5.33. The van der Waals surface area contributed by atoms with Crippen molar-refractivity contribution in [3.05, 3.63) is 53.0 Å². The third-order valence-corrected chi connectivity index (χ3v) is 3.47. The van der Waals surface area contributed by atoms with E-state index < -0.39 is 0 Å². The average Bonchev–Trinajstić information content (AvgIpc) is 2.45. The van der Waals surface area contributed by atoms with Crippen LogP contribution in [-0.4, -0.2) is 24.1 Å². The van der Waals surface area contributed by atoms with Crippen molar-refractivity contribution in [3.8, 4) is 5.88 Å². The molecule has 2 aromatic rings. The first-order valence-electron chi connectivity index (χ1n) is 6.73. The highest BCUT2D eigenvalue weighted by atomic mass is 16.5. The standard InChI is InChI=1S/C16H21N3O/c1-11-5-6-14(12(2)7-11)15(17-3)8-13-9-16(20-4)19-10-18-13/h5-7,9-10,15,17H,8H2,1-4H3. The predicted octanol–water partition coefficient (Wildman–Crippen LogP) is 2.61. The van der Waals surface area contributed by atoms with Crippen LogP contribution < -0.4 is 10.1 Å². The van der Waals surface area contributed by atoms with Crippen molar-refractivity contribution in [1.82, 2.24) is 15.3 Å². The van der Waals surface area contributed by atoms with E-state index in [9.17, 15) is 0 Å². The molecule has 1 aromatic heterocycles. The zero-order valence-electron chi connectivity index (χ0n) is 12.5. The number of aromatic nitrogens is 2. The van der Waals surface area contributed by atoms with Gasteiger partial charge in [-0.15, -0.1) is 0 Å². The van der Waals surface area contributed by atoms with Crippen LogP contribution in [0, 0.1) is 13.8 Å². The van der Waals surface area contributed by atoms with Crippen LogP contribution in [0.1, 0.15) is 28.4 Å². The maximum Gasteiger partial charge on any atom is 0.216 e. The highest BCUT2D eigenvalue weighted by Gasteiger charge is 2.14. The van der Waals surface area contributed by atoms with E-state index in [0.717, 1.165) is 12.1 Å². The molecule has 0 aliphatic heterocycles. The lowest BCUT2D eigenvalue weighted by molar-refractivity contribution is 0.395. The van der Waals surface area contributed by atoms with E-state index in [-0.39, 0.29) is 6.04 Å². The zero-order chi connectivity index (χ0) is 14.5. The molecule has 1 N–H and O–H groups in total. The van der Waals surface area contributed by atoms with Crippen LogP contribution in [0.3, 0.4) is 0 Å². The molecule has 4 heteroatoms. The molecule has 1 unspecified atom stereocenters. The van der Waals surface area contributed by atoms with Gasteiger partial charge in [0, 0.05) is 24.2 Å². The smallest absolute Gasteiger partial charge is 0.216 e. The van der Waals surface area contributed by atoms with Crippen LogP contribution >= 0.6 is 0 Å². The largest absolute Gasteiger partial charge is 0.481 e. The molecule has 1 atom stereocenters. The normalized spacial score (nSPS) is 12.2. The summed E-state index contributed by atoms with van der Waals surface area (Å²) in [6.07, 6.45) is 2.35. The molecule has 2 rings (SSSR count). The summed E-state index contributed by atoms with van der Waals surface area (Å²) in [5.74, 6) is 0.602. The van der Waals surface area contributed by atoms with Crippen LogP contribution in [-0.2, 0) is 6.42 Å². The molecule has 0 radical (unpaired) electrons. The second-order valence-corrected chi connectivity index (χ2v) is 4.96. The van der Waals surface area contributed by atoms with Crippen LogP contribution in [0.2, 0.25) is 0 Å². The van der Waals surface area contributed by atoms with Gasteiger partial charge in [0.15, 0.2) is 0 Å². The van der Waals surface area contributed by atoms with E-state index in [1.807, 2.05) is 13.1 Å². The lowest BCUT2D eigenvalue weighted by Crippen LogP contribution is -2.20. The van der Waals surface area contributed by atoms with Gasteiger partial charge < -0.3 is 10.1 Å². The van der Waals surface area contributed by atoms with Crippen molar-refractivity contribution in [2.45, 2.75) is 26.3 Å². The number of hydrogen-bond acceptors (Lipinski definition) is 4. The van der Waals surface area contributed by atoms with Gasteiger partial charge in [0.1, 0.15) is 6.33 Å².